The molecule has 33 heavy (non-hydrogen) atoms. The number of carbonyl (C=O) groups is 1. The normalized spacial score (nSPS) is 10.8. The summed E-state index contributed by atoms with van der Waals surface area (Å²) in [4.78, 5) is 25.9. The van der Waals surface area contributed by atoms with Gasteiger partial charge in [-0.15, -0.1) is 0 Å². The van der Waals surface area contributed by atoms with E-state index < -0.39 is 5.91 Å². The number of carbonyl (C=O) groups excluding carboxylic acids is 1. The van der Waals surface area contributed by atoms with Gasteiger partial charge in [-0.25, -0.2) is 0 Å². The number of fused-ring (bicyclic) bond motifs is 1. The molecule has 0 atom stereocenters. The van der Waals surface area contributed by atoms with Crippen LogP contribution >= 0.6 is 15.9 Å². The lowest BCUT2D eigenvalue weighted by Gasteiger charge is -2.13. The Kier molecular flexibility index (Phi) is 6.51. The maximum atomic E-state index is 13.4. The molecule has 4 rings (SSSR count). The van der Waals surface area contributed by atoms with Gasteiger partial charge in [-0.3, -0.25) is 9.59 Å². The van der Waals surface area contributed by atoms with Crippen LogP contribution in [0.25, 0.3) is 22.3 Å². The highest BCUT2D eigenvalue weighted by Crippen LogP contribution is 2.33. The van der Waals surface area contributed by atoms with Crippen LogP contribution in [0, 0.1) is 13.8 Å². The molecule has 0 aliphatic carbocycles. The lowest BCUT2D eigenvalue weighted by atomic mass is 10.0. The summed E-state index contributed by atoms with van der Waals surface area (Å²) < 4.78 is 18.1. The summed E-state index contributed by atoms with van der Waals surface area (Å²) >= 11 is 3.36. The molecule has 1 N–H and O–H groups in total. The average molecular weight is 508 g/mol. The Morgan fingerprint density at radius 3 is 2.39 bits per heavy atom. The van der Waals surface area contributed by atoms with Gasteiger partial charge in [0.2, 0.25) is 11.2 Å². The molecule has 7 heteroatoms. The van der Waals surface area contributed by atoms with Gasteiger partial charge in [0.05, 0.1) is 12.5 Å². The van der Waals surface area contributed by atoms with E-state index in [0.29, 0.717) is 28.0 Å². The molecule has 168 valence electrons. The number of benzene rings is 3. The van der Waals surface area contributed by atoms with Crippen molar-refractivity contribution in [2.75, 3.05) is 19.0 Å². The predicted octanol–water partition coefficient (Wildman–Crippen LogP) is 5.87. The molecule has 0 saturated heterocycles. The van der Waals surface area contributed by atoms with E-state index in [9.17, 15) is 9.59 Å². The predicted molar refractivity (Wildman–Crippen MR) is 132 cm³/mol. The number of amides is 1. The number of methoxy groups -OCH3 is 1. The van der Waals surface area contributed by atoms with E-state index in [2.05, 4.69) is 21.2 Å². The first-order chi connectivity index (χ1) is 15.9. The Morgan fingerprint density at radius 2 is 1.73 bits per heavy atom. The number of ether oxygens (including phenoxy) is 2. The fraction of sp³-hybridized carbons (Fsp3) is 0.154. The monoisotopic (exact) mass is 507 g/mol. The Balaban J connectivity index is 1.72. The molecule has 1 heterocycles. The average Bonchev–Trinajstić information content (AvgIpc) is 2.79. The highest BCUT2D eigenvalue weighted by atomic mass is 79.9. The molecule has 0 aliphatic heterocycles. The van der Waals surface area contributed by atoms with Crippen LogP contribution < -0.4 is 20.2 Å². The minimum Gasteiger partial charge on any atom is -0.497 e. The number of hydrogen-bond acceptors (Lipinski definition) is 5. The van der Waals surface area contributed by atoms with Gasteiger partial charge >= 0.3 is 0 Å². The largest absolute Gasteiger partial charge is 0.497 e. The van der Waals surface area contributed by atoms with Crippen molar-refractivity contribution in [1.29, 1.82) is 0 Å². The van der Waals surface area contributed by atoms with Gasteiger partial charge in [0.25, 0.3) is 5.91 Å². The zero-order valence-corrected chi connectivity index (χ0v) is 20.0. The van der Waals surface area contributed by atoms with Crippen molar-refractivity contribution in [3.05, 3.63) is 86.5 Å². The van der Waals surface area contributed by atoms with Gasteiger partial charge < -0.3 is 19.2 Å². The van der Waals surface area contributed by atoms with Crippen LogP contribution in [-0.4, -0.2) is 19.6 Å². The Morgan fingerprint density at radius 1 is 1.03 bits per heavy atom. The van der Waals surface area contributed by atoms with E-state index in [0.717, 1.165) is 15.6 Å². The molecule has 0 bridgehead atoms. The minimum absolute atomic E-state index is 0.00873. The van der Waals surface area contributed by atoms with E-state index in [1.807, 2.05) is 38.1 Å². The van der Waals surface area contributed by atoms with Gasteiger partial charge in [-0.05, 0) is 79.6 Å². The van der Waals surface area contributed by atoms with Crippen LogP contribution in [-0.2, 0) is 4.79 Å². The summed E-state index contributed by atoms with van der Waals surface area (Å²) in [7, 11) is 1.58. The second kappa shape index (κ2) is 9.50. The molecule has 0 saturated carbocycles. The zero-order chi connectivity index (χ0) is 23.5. The smallest absolute Gasteiger partial charge is 0.262 e. The van der Waals surface area contributed by atoms with Crippen molar-refractivity contribution in [2.45, 2.75) is 13.8 Å². The van der Waals surface area contributed by atoms with Crippen molar-refractivity contribution in [3.63, 3.8) is 0 Å². The van der Waals surface area contributed by atoms with Crippen molar-refractivity contribution in [1.82, 2.24) is 0 Å². The van der Waals surface area contributed by atoms with Crippen molar-refractivity contribution < 1.29 is 18.7 Å². The Labute approximate surface area is 199 Å². The third kappa shape index (κ3) is 4.93. The Hall–Kier alpha value is -3.58. The van der Waals surface area contributed by atoms with Crippen LogP contribution in [0.4, 0.5) is 5.69 Å². The van der Waals surface area contributed by atoms with Crippen LogP contribution in [0.5, 0.6) is 11.5 Å². The molecule has 3 aromatic carbocycles. The summed E-state index contributed by atoms with van der Waals surface area (Å²) in [6.45, 7) is 3.44. The minimum atomic E-state index is -0.391. The Bertz CT molecular complexity index is 1380. The summed E-state index contributed by atoms with van der Waals surface area (Å²) in [5.41, 5.74) is 3.16. The van der Waals surface area contributed by atoms with Crippen molar-refractivity contribution >= 4 is 38.5 Å². The molecular weight excluding hydrogens is 486 g/mol. The van der Waals surface area contributed by atoms with Crippen molar-refractivity contribution in [2.24, 2.45) is 0 Å². The maximum absolute atomic E-state index is 13.4. The highest BCUT2D eigenvalue weighted by Gasteiger charge is 2.20. The van der Waals surface area contributed by atoms with Crippen LogP contribution in [0.15, 0.2) is 74.3 Å². The first kappa shape index (κ1) is 22.6. The SMILES string of the molecule is COc1ccc(-c2oc3cc(C)cc(C)c3c(=O)c2OCC(=O)Nc2ccc(Br)cc2)cc1. The van der Waals surface area contributed by atoms with E-state index >= 15 is 0 Å². The van der Waals surface area contributed by atoms with Crippen LogP contribution in [0.1, 0.15) is 11.1 Å². The molecule has 0 fully saturated rings. The molecule has 0 radical (unpaired) electrons. The van der Waals surface area contributed by atoms with Crippen molar-refractivity contribution in [3.8, 4) is 22.8 Å². The summed E-state index contributed by atoms with van der Waals surface area (Å²) in [6.07, 6.45) is 0. The standard InChI is InChI=1S/C26H22BrNO5/c1-15-12-16(2)23-21(13-15)33-25(17-4-10-20(31-3)11-5-17)26(24(23)30)32-14-22(29)28-19-8-6-18(27)7-9-19/h4-13H,14H2,1-3H3,(H,28,29). The second-order valence-electron chi connectivity index (χ2n) is 7.62. The molecule has 6 nitrogen and oxygen atoms in total. The van der Waals surface area contributed by atoms with E-state index in [1.165, 1.54) is 0 Å². The fourth-order valence-corrected chi connectivity index (χ4v) is 3.87. The van der Waals surface area contributed by atoms with Gasteiger partial charge in [0, 0.05) is 15.7 Å². The van der Waals surface area contributed by atoms with Crippen LogP contribution in [0.3, 0.4) is 0 Å². The molecular formula is C26H22BrNO5. The van der Waals surface area contributed by atoms with Gasteiger partial charge in [0.1, 0.15) is 11.3 Å². The maximum Gasteiger partial charge on any atom is 0.262 e. The molecule has 0 unspecified atom stereocenters. The lowest BCUT2D eigenvalue weighted by Crippen LogP contribution is -2.22. The molecule has 0 aliphatic rings. The summed E-state index contributed by atoms with van der Waals surface area (Å²) in [5, 5.41) is 3.19. The molecule has 4 aromatic rings. The number of anilines is 1. The second-order valence-corrected chi connectivity index (χ2v) is 8.53. The molecule has 1 amide bonds. The molecule has 1 aromatic heterocycles. The number of nitrogens with one attached hydrogen (secondary N) is 1. The van der Waals surface area contributed by atoms with Gasteiger partial charge in [0.15, 0.2) is 12.4 Å². The number of halogens is 1. The van der Waals surface area contributed by atoms with E-state index in [1.54, 1.807) is 43.5 Å². The fourth-order valence-electron chi connectivity index (χ4n) is 3.60. The highest BCUT2D eigenvalue weighted by molar-refractivity contribution is 9.10. The number of hydrogen-bond donors (Lipinski definition) is 1. The van der Waals surface area contributed by atoms with Gasteiger partial charge in [-0.1, -0.05) is 22.0 Å². The topological polar surface area (TPSA) is 77.8 Å². The van der Waals surface area contributed by atoms with Gasteiger partial charge in [-0.2, -0.15) is 0 Å². The number of rotatable bonds is 6. The zero-order valence-electron chi connectivity index (χ0n) is 18.4. The first-order valence-corrected chi connectivity index (χ1v) is 11.1. The molecule has 0 spiro atoms. The van der Waals surface area contributed by atoms with E-state index in [4.69, 9.17) is 13.9 Å². The summed E-state index contributed by atoms with van der Waals surface area (Å²) in [5.74, 6) is 0.533. The number of aryl methyl sites for hydroxylation is 2. The van der Waals surface area contributed by atoms with Crippen LogP contribution in [0.2, 0.25) is 0 Å². The summed E-state index contributed by atoms with van der Waals surface area (Å²) in [6, 6.07) is 18.0. The third-order valence-corrected chi connectivity index (χ3v) is 5.65. The first-order valence-electron chi connectivity index (χ1n) is 10.3. The third-order valence-electron chi connectivity index (χ3n) is 5.12. The quantitative estimate of drug-likeness (QED) is 0.353. The van der Waals surface area contributed by atoms with E-state index in [-0.39, 0.29) is 23.5 Å². The lowest BCUT2D eigenvalue weighted by molar-refractivity contribution is -0.118.